The fraction of sp³-hybridized carbons (Fsp3) is 0.538. The van der Waals surface area contributed by atoms with Crippen molar-refractivity contribution in [3.63, 3.8) is 0 Å². The van der Waals surface area contributed by atoms with E-state index in [4.69, 9.17) is 4.74 Å². The van der Waals surface area contributed by atoms with Crippen molar-refractivity contribution < 1.29 is 14.3 Å². The predicted octanol–water partition coefficient (Wildman–Crippen LogP) is 0.289. The van der Waals surface area contributed by atoms with Crippen molar-refractivity contribution in [3.8, 4) is 0 Å². The number of aliphatic imine (C=N–C) groups is 1. The quantitative estimate of drug-likeness (QED) is 0.447. The Kier molecular flexibility index (Phi) is 4.29. The summed E-state index contributed by atoms with van der Waals surface area (Å²) in [5.41, 5.74) is 0.169. The van der Waals surface area contributed by atoms with Crippen molar-refractivity contribution in [1.82, 2.24) is 10.3 Å². The second kappa shape index (κ2) is 5.96. The highest BCUT2D eigenvalue weighted by Gasteiger charge is 2.32. The Morgan fingerprint density at radius 2 is 2.15 bits per heavy atom. The summed E-state index contributed by atoms with van der Waals surface area (Å²) in [7, 11) is 1.65. The summed E-state index contributed by atoms with van der Waals surface area (Å²) in [5, 5.41) is 7.96. The lowest BCUT2D eigenvalue weighted by Gasteiger charge is -2.32. The lowest BCUT2D eigenvalue weighted by atomic mass is 9.98. The van der Waals surface area contributed by atoms with E-state index in [0.29, 0.717) is 19.0 Å². The summed E-state index contributed by atoms with van der Waals surface area (Å²) < 4.78 is 5.32. The van der Waals surface area contributed by atoms with Gasteiger partial charge in [0, 0.05) is 33.1 Å². The maximum absolute atomic E-state index is 11.9. The molecule has 1 amide bonds. The van der Waals surface area contributed by atoms with Crippen LogP contribution in [-0.2, 0) is 14.3 Å². The third-order valence-corrected chi connectivity index (χ3v) is 3.32. The highest BCUT2D eigenvalue weighted by Crippen LogP contribution is 2.22. The van der Waals surface area contributed by atoms with Gasteiger partial charge in [0.05, 0.1) is 0 Å². The van der Waals surface area contributed by atoms with E-state index in [1.807, 2.05) is 0 Å². The summed E-state index contributed by atoms with van der Waals surface area (Å²) in [4.78, 5) is 27.5. The van der Waals surface area contributed by atoms with Crippen LogP contribution in [0.1, 0.15) is 19.8 Å². The van der Waals surface area contributed by atoms with Gasteiger partial charge >= 0.3 is 0 Å². The van der Waals surface area contributed by atoms with Crippen LogP contribution in [0, 0.1) is 5.92 Å². The van der Waals surface area contributed by atoms with E-state index in [0.717, 1.165) is 12.8 Å². The molecule has 0 aromatic rings. The van der Waals surface area contributed by atoms with E-state index < -0.39 is 5.91 Å². The Morgan fingerprint density at radius 3 is 2.70 bits per heavy atom. The van der Waals surface area contributed by atoms with Crippen LogP contribution in [0.15, 0.2) is 22.4 Å². The molecular weight excluding hydrogens is 260 g/mol. The zero-order valence-corrected chi connectivity index (χ0v) is 11.7. The van der Waals surface area contributed by atoms with Gasteiger partial charge in [0.1, 0.15) is 11.5 Å². The van der Waals surface area contributed by atoms with Gasteiger partial charge in [-0.1, -0.05) is 6.58 Å². The van der Waals surface area contributed by atoms with Gasteiger partial charge in [0.15, 0.2) is 11.6 Å². The molecule has 1 saturated heterocycles. The molecule has 108 valence electrons. The van der Waals surface area contributed by atoms with Crippen LogP contribution >= 0.6 is 0 Å². The van der Waals surface area contributed by atoms with E-state index in [9.17, 15) is 9.59 Å². The summed E-state index contributed by atoms with van der Waals surface area (Å²) in [6, 6.07) is 0. The van der Waals surface area contributed by atoms with E-state index >= 15 is 0 Å². The summed E-state index contributed by atoms with van der Waals surface area (Å²) >= 11 is 0. The normalized spacial score (nSPS) is 21.6. The third-order valence-electron chi connectivity index (χ3n) is 3.32. The molecule has 0 spiro atoms. The largest absolute Gasteiger partial charge is 0.381 e. The van der Waals surface area contributed by atoms with Crippen molar-refractivity contribution in [3.05, 3.63) is 12.3 Å². The molecular formula is C13H18N4O3. The lowest BCUT2D eigenvalue weighted by Crippen LogP contribution is -2.49. The molecule has 0 aromatic carbocycles. The average molecular weight is 278 g/mol. The van der Waals surface area contributed by atoms with E-state index in [1.165, 1.54) is 11.9 Å². The second-order valence-corrected chi connectivity index (χ2v) is 4.69. The van der Waals surface area contributed by atoms with Gasteiger partial charge in [-0.15, -0.1) is 5.10 Å². The Morgan fingerprint density at radius 1 is 1.50 bits per heavy atom. The van der Waals surface area contributed by atoms with Crippen molar-refractivity contribution in [1.29, 1.82) is 0 Å². The molecule has 0 atom stereocenters. The molecule has 20 heavy (non-hydrogen) atoms. The predicted molar refractivity (Wildman–Crippen MR) is 74.1 cm³/mol. The Labute approximate surface area is 117 Å². The minimum absolute atomic E-state index is 0.00982. The Bertz CT molecular complexity index is 504. The molecule has 7 nitrogen and oxygen atoms in total. The number of ketones is 1. The monoisotopic (exact) mass is 278 g/mol. The first-order valence-electron chi connectivity index (χ1n) is 6.49. The number of amides is 1. The maximum Gasteiger partial charge on any atom is 0.275 e. The standard InChI is InChI=1S/C13H18N4O3/c1-8-13(19)15-11(9(2)18)16-17(8)12(14-3)10-4-6-20-7-5-10/h10H,1,4-7H2,2-3H3,(H,15,16,19). The third kappa shape index (κ3) is 2.77. The number of nitrogens with zero attached hydrogens (tertiary/aromatic N) is 3. The first-order chi connectivity index (χ1) is 9.54. The molecule has 0 aromatic heterocycles. The van der Waals surface area contributed by atoms with Crippen LogP contribution in [0.4, 0.5) is 0 Å². The number of carbonyl (C=O) groups excluding carboxylic acids is 2. The van der Waals surface area contributed by atoms with Gasteiger partial charge in [-0.2, -0.15) is 0 Å². The molecule has 0 aliphatic carbocycles. The van der Waals surface area contributed by atoms with Crippen LogP contribution in [0.3, 0.4) is 0 Å². The highest BCUT2D eigenvalue weighted by molar-refractivity contribution is 6.41. The summed E-state index contributed by atoms with van der Waals surface area (Å²) in [5.74, 6) is 0.0626. The van der Waals surface area contributed by atoms with Gasteiger partial charge in [0.25, 0.3) is 5.91 Å². The number of hydrogen-bond acceptors (Lipinski definition) is 5. The number of nitrogens with one attached hydrogen (secondary N) is 1. The number of ether oxygens (including phenoxy) is 1. The molecule has 2 aliphatic heterocycles. The lowest BCUT2D eigenvalue weighted by molar-refractivity contribution is -0.119. The van der Waals surface area contributed by atoms with E-state index in [2.05, 4.69) is 22.0 Å². The van der Waals surface area contributed by atoms with Gasteiger partial charge in [-0.05, 0) is 12.8 Å². The second-order valence-electron chi connectivity index (χ2n) is 4.69. The van der Waals surface area contributed by atoms with Crippen molar-refractivity contribution in [2.24, 2.45) is 16.0 Å². The zero-order chi connectivity index (χ0) is 14.7. The van der Waals surface area contributed by atoms with Gasteiger partial charge in [-0.3, -0.25) is 14.6 Å². The number of hydrazone groups is 1. The van der Waals surface area contributed by atoms with Crippen LogP contribution < -0.4 is 5.32 Å². The smallest absolute Gasteiger partial charge is 0.275 e. The highest BCUT2D eigenvalue weighted by atomic mass is 16.5. The molecule has 0 saturated carbocycles. The first-order valence-corrected chi connectivity index (χ1v) is 6.49. The molecule has 2 aliphatic rings. The van der Waals surface area contributed by atoms with Crippen molar-refractivity contribution in [2.45, 2.75) is 19.8 Å². The first kappa shape index (κ1) is 14.4. The van der Waals surface area contributed by atoms with Crippen LogP contribution in [-0.4, -0.2) is 48.6 Å². The van der Waals surface area contributed by atoms with Gasteiger partial charge in [-0.25, -0.2) is 5.01 Å². The van der Waals surface area contributed by atoms with Crippen LogP contribution in [0.5, 0.6) is 0 Å². The number of amidine groups is 2. The number of rotatable bonds is 2. The van der Waals surface area contributed by atoms with Crippen molar-refractivity contribution >= 4 is 23.4 Å². The number of Topliss-reactive ketones (excluding diaryl/α,β-unsaturated/α-hetero) is 1. The molecule has 1 fully saturated rings. The van der Waals surface area contributed by atoms with Gasteiger partial charge < -0.3 is 10.1 Å². The van der Waals surface area contributed by atoms with Crippen LogP contribution in [0.25, 0.3) is 0 Å². The zero-order valence-electron chi connectivity index (χ0n) is 11.7. The molecule has 0 bridgehead atoms. The topological polar surface area (TPSA) is 83.4 Å². The fourth-order valence-electron chi connectivity index (χ4n) is 2.22. The SMILES string of the molecule is C=C1C(=O)NC(C(C)=O)=NN1C(=NC)C1CCOCC1. The van der Waals surface area contributed by atoms with Crippen LogP contribution in [0.2, 0.25) is 0 Å². The fourth-order valence-corrected chi connectivity index (χ4v) is 2.22. The minimum Gasteiger partial charge on any atom is -0.381 e. The summed E-state index contributed by atoms with van der Waals surface area (Å²) in [6.07, 6.45) is 1.62. The molecule has 2 rings (SSSR count). The summed E-state index contributed by atoms with van der Waals surface area (Å²) in [6.45, 7) is 6.37. The van der Waals surface area contributed by atoms with E-state index in [-0.39, 0.29) is 23.2 Å². The molecule has 1 N–H and O–H groups in total. The van der Waals surface area contributed by atoms with E-state index in [1.54, 1.807) is 7.05 Å². The average Bonchev–Trinajstić information content (AvgIpc) is 2.45. The maximum atomic E-state index is 11.9. The molecule has 0 unspecified atom stereocenters. The Hall–Kier alpha value is -2.02. The molecule has 0 radical (unpaired) electrons. The number of hydrogen-bond donors (Lipinski definition) is 1. The van der Waals surface area contributed by atoms with Gasteiger partial charge in [0.2, 0.25) is 0 Å². The minimum atomic E-state index is -0.432. The number of carbonyl (C=O) groups is 2. The van der Waals surface area contributed by atoms with Crippen molar-refractivity contribution in [2.75, 3.05) is 20.3 Å². The molecule has 7 heteroatoms. The molecule has 2 heterocycles. The Balaban J connectivity index is 2.31.